The van der Waals surface area contributed by atoms with Crippen molar-refractivity contribution in [3.05, 3.63) is 65.7 Å². The fraction of sp³-hybridized carbons (Fsp3) is 0.500. The van der Waals surface area contributed by atoms with Crippen LogP contribution < -0.4 is 14.8 Å². The van der Waals surface area contributed by atoms with Gasteiger partial charge in [-0.2, -0.15) is 0 Å². The van der Waals surface area contributed by atoms with Crippen LogP contribution in [0.2, 0.25) is 0 Å². The monoisotopic (exact) mass is 483 g/mol. The SMILES string of the molecule is O=C(NS(=O)(=O)C1CC1)c1ccc(OCCN2CCC(N[C@@H]3C[C@H]3c3ccccc3)CC2)cc1. The van der Waals surface area contributed by atoms with Crippen LogP contribution in [-0.2, 0) is 10.0 Å². The average Bonchev–Trinajstić information content (AvgIpc) is 3.76. The first-order valence-corrected chi connectivity index (χ1v) is 13.8. The van der Waals surface area contributed by atoms with Crippen molar-refractivity contribution in [2.24, 2.45) is 0 Å². The van der Waals surface area contributed by atoms with Gasteiger partial charge >= 0.3 is 0 Å². The highest BCUT2D eigenvalue weighted by Crippen LogP contribution is 2.41. The minimum atomic E-state index is -3.54. The molecular weight excluding hydrogens is 450 g/mol. The third-order valence-corrected chi connectivity index (χ3v) is 8.87. The number of benzene rings is 2. The normalized spacial score (nSPS) is 23.4. The first-order chi connectivity index (χ1) is 16.5. The van der Waals surface area contributed by atoms with Crippen LogP contribution in [0.1, 0.15) is 53.9 Å². The van der Waals surface area contributed by atoms with Crippen LogP contribution in [0.4, 0.5) is 0 Å². The summed E-state index contributed by atoms with van der Waals surface area (Å²) >= 11 is 0. The summed E-state index contributed by atoms with van der Waals surface area (Å²) in [6.45, 7) is 3.58. The molecule has 3 aliphatic rings. The van der Waals surface area contributed by atoms with E-state index >= 15 is 0 Å². The van der Waals surface area contributed by atoms with Gasteiger partial charge in [0.25, 0.3) is 5.91 Å². The van der Waals surface area contributed by atoms with Gasteiger partial charge in [0.1, 0.15) is 12.4 Å². The molecule has 8 heteroatoms. The van der Waals surface area contributed by atoms with E-state index in [0.29, 0.717) is 48.8 Å². The Kier molecular flexibility index (Phi) is 6.90. The first kappa shape index (κ1) is 23.3. The zero-order chi connectivity index (χ0) is 23.5. The lowest BCUT2D eigenvalue weighted by Gasteiger charge is -2.32. The second-order valence-electron chi connectivity index (χ2n) is 9.69. The first-order valence-electron chi connectivity index (χ1n) is 12.3. The molecule has 3 fully saturated rings. The van der Waals surface area contributed by atoms with Gasteiger partial charge in [-0.15, -0.1) is 0 Å². The predicted octanol–water partition coefficient (Wildman–Crippen LogP) is 2.90. The number of amides is 1. The van der Waals surface area contributed by atoms with Crippen LogP contribution in [-0.4, -0.2) is 62.8 Å². The third-order valence-electron chi connectivity index (χ3n) is 7.05. The number of sulfonamides is 1. The van der Waals surface area contributed by atoms with Crippen molar-refractivity contribution < 1.29 is 17.9 Å². The predicted molar refractivity (Wildman–Crippen MR) is 132 cm³/mol. The van der Waals surface area contributed by atoms with Gasteiger partial charge in [0.15, 0.2) is 0 Å². The lowest BCUT2D eigenvalue weighted by atomic mass is 10.0. The second kappa shape index (κ2) is 10.1. The van der Waals surface area contributed by atoms with Gasteiger partial charge in [0.2, 0.25) is 10.0 Å². The number of piperidine rings is 1. The molecule has 5 rings (SSSR count). The number of likely N-dealkylation sites (tertiary alicyclic amines) is 1. The number of carbonyl (C=O) groups excluding carboxylic acids is 1. The van der Waals surface area contributed by atoms with Crippen LogP contribution in [0, 0.1) is 0 Å². The topological polar surface area (TPSA) is 87.7 Å². The minimum absolute atomic E-state index is 0.316. The highest BCUT2D eigenvalue weighted by Gasteiger charge is 2.39. The van der Waals surface area contributed by atoms with E-state index in [-0.39, 0.29) is 0 Å². The summed E-state index contributed by atoms with van der Waals surface area (Å²) in [6.07, 6.45) is 4.81. The van der Waals surface area contributed by atoms with Crippen molar-refractivity contribution in [3.8, 4) is 5.75 Å². The summed E-state index contributed by atoms with van der Waals surface area (Å²) in [5.41, 5.74) is 1.77. The molecule has 182 valence electrons. The Morgan fingerprint density at radius 2 is 1.68 bits per heavy atom. The van der Waals surface area contributed by atoms with Gasteiger partial charge in [-0.25, -0.2) is 13.1 Å². The average molecular weight is 484 g/mol. The lowest BCUT2D eigenvalue weighted by molar-refractivity contribution is 0.0981. The van der Waals surface area contributed by atoms with E-state index in [9.17, 15) is 13.2 Å². The molecule has 0 aromatic heterocycles. The molecule has 2 aromatic rings. The van der Waals surface area contributed by atoms with Crippen molar-refractivity contribution in [1.29, 1.82) is 0 Å². The number of rotatable bonds is 10. The quantitative estimate of drug-likeness (QED) is 0.540. The number of hydrogen-bond donors (Lipinski definition) is 2. The van der Waals surface area contributed by atoms with Gasteiger partial charge in [-0.3, -0.25) is 9.69 Å². The molecule has 2 saturated carbocycles. The standard InChI is InChI=1S/C26H33N3O4S/c30-26(28-34(31,32)23-10-11-23)20-6-8-22(9-7-20)33-17-16-29-14-12-21(13-15-29)27-25-18-24(25)19-4-2-1-3-5-19/h1-9,21,23-25,27H,10-18H2,(H,28,30)/t24-,25+/m0/s1. The maximum atomic E-state index is 12.2. The molecule has 2 aliphatic carbocycles. The Morgan fingerprint density at radius 3 is 2.35 bits per heavy atom. The molecule has 2 N–H and O–H groups in total. The van der Waals surface area contributed by atoms with E-state index < -0.39 is 21.2 Å². The molecular formula is C26H33N3O4S. The minimum Gasteiger partial charge on any atom is -0.492 e. The smallest absolute Gasteiger partial charge is 0.264 e. The van der Waals surface area contributed by atoms with Crippen LogP contribution in [0.25, 0.3) is 0 Å². The van der Waals surface area contributed by atoms with Crippen LogP contribution in [0.5, 0.6) is 5.75 Å². The fourth-order valence-electron chi connectivity index (χ4n) is 4.72. The lowest BCUT2D eigenvalue weighted by Crippen LogP contribution is -2.44. The van der Waals surface area contributed by atoms with Gasteiger partial charge in [-0.1, -0.05) is 30.3 Å². The van der Waals surface area contributed by atoms with E-state index in [1.54, 1.807) is 24.3 Å². The molecule has 0 unspecified atom stereocenters. The molecule has 0 radical (unpaired) electrons. The Morgan fingerprint density at radius 1 is 0.971 bits per heavy atom. The molecule has 7 nitrogen and oxygen atoms in total. The molecule has 0 spiro atoms. The van der Waals surface area contributed by atoms with Gasteiger partial charge < -0.3 is 10.1 Å². The van der Waals surface area contributed by atoms with Gasteiger partial charge in [-0.05, 0) is 75.0 Å². The largest absolute Gasteiger partial charge is 0.492 e. The van der Waals surface area contributed by atoms with E-state index in [1.165, 1.54) is 12.0 Å². The van der Waals surface area contributed by atoms with Crippen LogP contribution in [0.15, 0.2) is 54.6 Å². The number of nitrogens with one attached hydrogen (secondary N) is 2. The van der Waals surface area contributed by atoms with Crippen LogP contribution >= 0.6 is 0 Å². The molecule has 2 atom stereocenters. The molecule has 1 saturated heterocycles. The molecule has 0 bridgehead atoms. The van der Waals surface area contributed by atoms with E-state index in [4.69, 9.17) is 4.74 Å². The highest BCUT2D eigenvalue weighted by molar-refractivity contribution is 7.91. The maximum absolute atomic E-state index is 12.2. The van der Waals surface area contributed by atoms with E-state index in [1.807, 2.05) is 0 Å². The Bertz CT molecular complexity index is 1080. The number of nitrogens with zero attached hydrogens (tertiary/aromatic N) is 1. The summed E-state index contributed by atoms with van der Waals surface area (Å²) in [5, 5.41) is 3.44. The molecule has 34 heavy (non-hydrogen) atoms. The highest BCUT2D eigenvalue weighted by atomic mass is 32.2. The molecule has 2 aromatic carbocycles. The van der Waals surface area contributed by atoms with Crippen molar-refractivity contribution in [2.45, 2.75) is 55.4 Å². The molecule has 1 amide bonds. The summed E-state index contributed by atoms with van der Waals surface area (Å²) in [6, 6.07) is 18.6. The summed E-state index contributed by atoms with van der Waals surface area (Å²) in [4.78, 5) is 14.6. The maximum Gasteiger partial charge on any atom is 0.264 e. The molecule has 1 aliphatic heterocycles. The number of hydrogen-bond acceptors (Lipinski definition) is 6. The Labute approximate surface area is 201 Å². The van der Waals surface area contributed by atoms with Crippen molar-refractivity contribution >= 4 is 15.9 Å². The van der Waals surface area contributed by atoms with E-state index in [2.05, 4.69) is 45.3 Å². The summed E-state index contributed by atoms with van der Waals surface area (Å²) in [7, 11) is -3.54. The van der Waals surface area contributed by atoms with Crippen molar-refractivity contribution in [2.75, 3.05) is 26.2 Å². The fourth-order valence-corrected chi connectivity index (χ4v) is 6.02. The number of carbonyl (C=O) groups is 1. The second-order valence-corrected chi connectivity index (χ2v) is 11.7. The van der Waals surface area contributed by atoms with Crippen molar-refractivity contribution in [1.82, 2.24) is 14.9 Å². The molecule has 1 heterocycles. The number of ether oxygens (including phenoxy) is 1. The third kappa shape index (κ3) is 5.98. The van der Waals surface area contributed by atoms with Crippen molar-refractivity contribution in [3.63, 3.8) is 0 Å². The van der Waals surface area contributed by atoms with Gasteiger partial charge in [0, 0.05) is 30.1 Å². The summed E-state index contributed by atoms with van der Waals surface area (Å²) < 4.78 is 31.8. The zero-order valence-electron chi connectivity index (χ0n) is 19.4. The van der Waals surface area contributed by atoms with Gasteiger partial charge in [0.05, 0.1) is 5.25 Å². The summed E-state index contributed by atoms with van der Waals surface area (Å²) in [5.74, 6) is 0.766. The van der Waals surface area contributed by atoms with Crippen LogP contribution in [0.3, 0.4) is 0 Å². The van der Waals surface area contributed by atoms with E-state index in [0.717, 1.165) is 32.5 Å². The zero-order valence-corrected chi connectivity index (χ0v) is 20.2. The Hall–Kier alpha value is -2.42. The Balaban J connectivity index is 0.987.